The molecule has 2 heteroatoms. The van der Waals surface area contributed by atoms with Crippen LogP contribution in [0.3, 0.4) is 0 Å². The third-order valence-electron chi connectivity index (χ3n) is 3.71. The largest absolute Gasteiger partial charge is 0.300 e. The van der Waals surface area contributed by atoms with Gasteiger partial charge in [-0.15, -0.1) is 0 Å². The van der Waals surface area contributed by atoms with E-state index < -0.39 is 0 Å². The Bertz CT molecular complexity index is 681. The average molecular weight is 276 g/mol. The van der Waals surface area contributed by atoms with Gasteiger partial charge in [0.1, 0.15) is 5.82 Å². The molecule has 3 rings (SSSR count). The highest BCUT2D eigenvalue weighted by Gasteiger charge is 2.06. The summed E-state index contributed by atoms with van der Waals surface area (Å²) in [6.07, 6.45) is 7.52. The van der Waals surface area contributed by atoms with Crippen molar-refractivity contribution in [3.8, 4) is 17.1 Å². The molecule has 0 atom stereocenters. The first-order chi connectivity index (χ1) is 10.4. The quantitative estimate of drug-likeness (QED) is 0.649. The molecule has 0 aliphatic heterocycles. The van der Waals surface area contributed by atoms with Gasteiger partial charge in [-0.1, -0.05) is 55.8 Å². The molecule has 0 bridgehead atoms. The van der Waals surface area contributed by atoms with Crippen LogP contribution in [0.1, 0.15) is 25.3 Å². The van der Waals surface area contributed by atoms with Crippen molar-refractivity contribution in [1.82, 2.24) is 9.55 Å². The fraction of sp³-hybridized carbons (Fsp3) is 0.211. The van der Waals surface area contributed by atoms with Crippen molar-refractivity contribution in [2.45, 2.75) is 26.2 Å². The van der Waals surface area contributed by atoms with E-state index in [9.17, 15) is 0 Å². The Balaban J connectivity index is 1.90. The van der Waals surface area contributed by atoms with Gasteiger partial charge in [-0.3, -0.25) is 4.57 Å². The molecule has 1 aromatic heterocycles. The summed E-state index contributed by atoms with van der Waals surface area (Å²) < 4.78 is 2.14. The molecule has 2 aromatic carbocycles. The number of hydrogen-bond acceptors (Lipinski definition) is 1. The summed E-state index contributed by atoms with van der Waals surface area (Å²) in [5.74, 6) is 0.983. The molecule has 21 heavy (non-hydrogen) atoms. The Hall–Kier alpha value is -2.35. The van der Waals surface area contributed by atoms with E-state index in [4.69, 9.17) is 0 Å². The van der Waals surface area contributed by atoms with E-state index in [0.29, 0.717) is 0 Å². The van der Waals surface area contributed by atoms with E-state index in [1.807, 2.05) is 30.6 Å². The van der Waals surface area contributed by atoms with Crippen LogP contribution in [0.4, 0.5) is 0 Å². The average Bonchev–Trinajstić information content (AvgIpc) is 3.04. The second-order valence-electron chi connectivity index (χ2n) is 5.26. The van der Waals surface area contributed by atoms with Gasteiger partial charge in [0.25, 0.3) is 0 Å². The van der Waals surface area contributed by atoms with Gasteiger partial charge < -0.3 is 0 Å². The molecule has 2 nitrogen and oxygen atoms in total. The summed E-state index contributed by atoms with van der Waals surface area (Å²) in [5, 5.41) is 0. The van der Waals surface area contributed by atoms with Crippen molar-refractivity contribution < 1.29 is 0 Å². The fourth-order valence-electron chi connectivity index (χ4n) is 2.52. The molecule has 0 N–H and O–H groups in total. The Kier molecular flexibility index (Phi) is 4.15. The lowest BCUT2D eigenvalue weighted by atomic mass is 10.1. The molecule has 0 aliphatic carbocycles. The second kappa shape index (κ2) is 6.40. The number of benzene rings is 2. The smallest absolute Gasteiger partial charge is 0.144 e. The molecule has 1 heterocycles. The number of aryl methyl sites for hydroxylation is 1. The fourth-order valence-corrected chi connectivity index (χ4v) is 2.52. The van der Waals surface area contributed by atoms with Crippen LogP contribution in [-0.4, -0.2) is 9.55 Å². The maximum absolute atomic E-state index is 4.50. The number of aromatic nitrogens is 2. The molecular weight excluding hydrogens is 256 g/mol. The van der Waals surface area contributed by atoms with E-state index in [2.05, 4.69) is 52.9 Å². The molecule has 106 valence electrons. The third kappa shape index (κ3) is 3.05. The SMILES string of the molecule is CCCCc1ccc(-n2ccnc2-c2ccccc2)cc1. The Morgan fingerprint density at radius 2 is 1.71 bits per heavy atom. The second-order valence-corrected chi connectivity index (χ2v) is 5.26. The maximum atomic E-state index is 4.50. The standard InChI is InChI=1S/C19H20N2/c1-2-3-7-16-10-12-18(13-11-16)21-15-14-20-19(21)17-8-5-4-6-9-17/h4-6,8-15H,2-3,7H2,1H3. The molecular formula is C19H20N2. The van der Waals surface area contributed by atoms with Crippen LogP contribution in [0.15, 0.2) is 67.0 Å². The van der Waals surface area contributed by atoms with Crippen molar-refractivity contribution in [3.63, 3.8) is 0 Å². The van der Waals surface area contributed by atoms with E-state index in [-0.39, 0.29) is 0 Å². The minimum absolute atomic E-state index is 0.983. The van der Waals surface area contributed by atoms with Crippen LogP contribution in [0.2, 0.25) is 0 Å². The first-order valence-electron chi connectivity index (χ1n) is 7.56. The summed E-state index contributed by atoms with van der Waals surface area (Å²) in [6.45, 7) is 2.23. The predicted octanol–water partition coefficient (Wildman–Crippen LogP) is 4.88. The van der Waals surface area contributed by atoms with Gasteiger partial charge in [-0.25, -0.2) is 4.98 Å². The van der Waals surface area contributed by atoms with E-state index in [0.717, 1.165) is 23.5 Å². The Labute approximate surface area is 126 Å². The lowest BCUT2D eigenvalue weighted by Crippen LogP contribution is -1.96. The normalized spacial score (nSPS) is 10.7. The first-order valence-corrected chi connectivity index (χ1v) is 7.56. The zero-order valence-electron chi connectivity index (χ0n) is 12.4. The first kappa shape index (κ1) is 13.6. The highest BCUT2D eigenvalue weighted by Crippen LogP contribution is 2.21. The minimum Gasteiger partial charge on any atom is -0.300 e. The number of nitrogens with zero attached hydrogens (tertiary/aromatic N) is 2. The molecule has 0 spiro atoms. The van der Waals surface area contributed by atoms with Crippen LogP contribution >= 0.6 is 0 Å². The molecule has 0 fully saturated rings. The van der Waals surface area contributed by atoms with E-state index in [1.165, 1.54) is 18.4 Å². The summed E-state index contributed by atoms with van der Waals surface area (Å²) in [7, 11) is 0. The van der Waals surface area contributed by atoms with Crippen LogP contribution in [-0.2, 0) is 6.42 Å². The summed E-state index contributed by atoms with van der Waals surface area (Å²) >= 11 is 0. The van der Waals surface area contributed by atoms with E-state index >= 15 is 0 Å². The van der Waals surface area contributed by atoms with Gasteiger partial charge in [0.2, 0.25) is 0 Å². The lowest BCUT2D eigenvalue weighted by molar-refractivity contribution is 0.795. The minimum atomic E-state index is 0.983. The van der Waals surface area contributed by atoms with Gasteiger partial charge in [-0.2, -0.15) is 0 Å². The van der Waals surface area contributed by atoms with Crippen LogP contribution < -0.4 is 0 Å². The monoisotopic (exact) mass is 276 g/mol. The van der Waals surface area contributed by atoms with Crippen molar-refractivity contribution in [1.29, 1.82) is 0 Å². The summed E-state index contributed by atoms with van der Waals surface area (Å²) in [4.78, 5) is 4.50. The molecule has 0 unspecified atom stereocenters. The maximum Gasteiger partial charge on any atom is 0.144 e. The van der Waals surface area contributed by atoms with Crippen LogP contribution in [0, 0.1) is 0 Å². The van der Waals surface area contributed by atoms with Crippen molar-refractivity contribution in [2.24, 2.45) is 0 Å². The topological polar surface area (TPSA) is 17.8 Å². The van der Waals surface area contributed by atoms with Gasteiger partial charge in [0, 0.05) is 23.6 Å². The van der Waals surface area contributed by atoms with Gasteiger partial charge in [-0.05, 0) is 30.5 Å². The van der Waals surface area contributed by atoms with Gasteiger partial charge in [0.15, 0.2) is 0 Å². The molecule has 0 saturated carbocycles. The number of hydrogen-bond donors (Lipinski definition) is 0. The zero-order valence-corrected chi connectivity index (χ0v) is 12.4. The number of unbranched alkanes of at least 4 members (excludes halogenated alkanes) is 1. The van der Waals surface area contributed by atoms with Crippen molar-refractivity contribution >= 4 is 0 Å². The van der Waals surface area contributed by atoms with Crippen LogP contribution in [0.25, 0.3) is 17.1 Å². The molecule has 0 saturated heterocycles. The highest BCUT2D eigenvalue weighted by molar-refractivity contribution is 5.58. The number of rotatable bonds is 5. The highest BCUT2D eigenvalue weighted by atomic mass is 15.1. The molecule has 3 aromatic rings. The van der Waals surface area contributed by atoms with E-state index in [1.54, 1.807) is 0 Å². The van der Waals surface area contributed by atoms with Crippen LogP contribution in [0.5, 0.6) is 0 Å². The lowest BCUT2D eigenvalue weighted by Gasteiger charge is -2.09. The molecule has 0 radical (unpaired) electrons. The predicted molar refractivity (Wildman–Crippen MR) is 87.6 cm³/mol. The van der Waals surface area contributed by atoms with Crippen molar-refractivity contribution in [2.75, 3.05) is 0 Å². The molecule has 0 amide bonds. The summed E-state index contributed by atoms with van der Waals surface area (Å²) in [6, 6.07) is 19.1. The number of imidazole rings is 1. The zero-order chi connectivity index (χ0) is 14.5. The van der Waals surface area contributed by atoms with Gasteiger partial charge >= 0.3 is 0 Å². The van der Waals surface area contributed by atoms with Gasteiger partial charge in [0.05, 0.1) is 0 Å². The Morgan fingerprint density at radius 1 is 0.952 bits per heavy atom. The Morgan fingerprint density at radius 3 is 2.43 bits per heavy atom. The molecule has 0 aliphatic rings. The third-order valence-corrected chi connectivity index (χ3v) is 3.71. The van der Waals surface area contributed by atoms with Crippen molar-refractivity contribution in [3.05, 3.63) is 72.6 Å². The summed E-state index contributed by atoms with van der Waals surface area (Å²) in [5.41, 5.74) is 3.70.